The van der Waals surface area contributed by atoms with Crippen molar-refractivity contribution in [3.63, 3.8) is 0 Å². The average molecular weight is 546 g/mol. The second kappa shape index (κ2) is 11.6. The van der Waals surface area contributed by atoms with Gasteiger partial charge in [0.25, 0.3) is 0 Å². The zero-order valence-corrected chi connectivity index (χ0v) is 23.5. The van der Waals surface area contributed by atoms with Crippen molar-refractivity contribution in [1.29, 1.82) is 0 Å². The van der Waals surface area contributed by atoms with Gasteiger partial charge in [-0.05, 0) is 55.3 Å². The lowest BCUT2D eigenvalue weighted by atomic mass is 9.78. The summed E-state index contributed by atoms with van der Waals surface area (Å²) in [7, 11) is -0.411. The molecule has 1 unspecified atom stereocenters. The van der Waals surface area contributed by atoms with Crippen LogP contribution < -0.4 is 14.2 Å². The van der Waals surface area contributed by atoms with Crippen LogP contribution >= 0.6 is 0 Å². The standard InChI is InChI=1S/C28H39N3O6S/c1-20(2)27(33)31-12-10-28(11-13-31)18-30(3)17-23(32)16-29-38(34,35)26-9-8-22(15-25(26)37-19-28)21-6-5-7-24(14-21)36-4/h5-9,14-15,20,23,29,32H,10-13,16-19H2,1-4H3. The fourth-order valence-corrected chi connectivity index (χ4v) is 6.51. The number of sulfonamides is 1. The highest BCUT2D eigenvalue weighted by Crippen LogP contribution is 2.37. The summed E-state index contributed by atoms with van der Waals surface area (Å²) in [6.07, 6.45) is 0.582. The number of nitrogens with zero attached hydrogens (tertiary/aromatic N) is 2. The van der Waals surface area contributed by atoms with E-state index in [0.29, 0.717) is 38.5 Å². The average Bonchev–Trinajstić information content (AvgIpc) is 2.90. The highest BCUT2D eigenvalue weighted by atomic mass is 32.2. The molecule has 0 bridgehead atoms. The number of ether oxygens (including phenoxy) is 2. The highest BCUT2D eigenvalue weighted by molar-refractivity contribution is 7.89. The normalized spacial score (nSPS) is 22.2. The number of hydrogen-bond donors (Lipinski definition) is 2. The van der Waals surface area contributed by atoms with Crippen LogP contribution in [0.3, 0.4) is 0 Å². The fraction of sp³-hybridized carbons (Fsp3) is 0.536. The van der Waals surface area contributed by atoms with Gasteiger partial charge in [0.2, 0.25) is 15.9 Å². The van der Waals surface area contributed by atoms with E-state index in [1.54, 1.807) is 25.3 Å². The van der Waals surface area contributed by atoms with E-state index in [9.17, 15) is 18.3 Å². The minimum atomic E-state index is -3.93. The number of methoxy groups -OCH3 is 1. The van der Waals surface area contributed by atoms with Crippen LogP contribution in [0.25, 0.3) is 11.1 Å². The Bertz CT molecular complexity index is 1240. The molecule has 1 amide bonds. The number of amides is 1. The Labute approximate surface area is 225 Å². The summed E-state index contributed by atoms with van der Waals surface area (Å²) in [5, 5.41) is 10.6. The predicted octanol–water partition coefficient (Wildman–Crippen LogP) is 2.59. The summed E-state index contributed by atoms with van der Waals surface area (Å²) >= 11 is 0. The predicted molar refractivity (Wildman–Crippen MR) is 146 cm³/mol. The number of likely N-dealkylation sites (tertiary alicyclic amines) is 1. The van der Waals surface area contributed by atoms with Crippen LogP contribution in [0.4, 0.5) is 0 Å². The summed E-state index contributed by atoms with van der Waals surface area (Å²) < 4.78 is 40.8. The van der Waals surface area contributed by atoms with E-state index < -0.39 is 16.1 Å². The number of rotatable bonds is 3. The number of carbonyl (C=O) groups excluding carboxylic acids is 1. The van der Waals surface area contributed by atoms with E-state index in [4.69, 9.17) is 9.47 Å². The molecule has 1 spiro atoms. The molecule has 2 aromatic carbocycles. The van der Waals surface area contributed by atoms with E-state index in [1.807, 2.05) is 55.0 Å². The Morgan fingerprint density at radius 1 is 1.16 bits per heavy atom. The first-order valence-corrected chi connectivity index (χ1v) is 14.6. The summed E-state index contributed by atoms with van der Waals surface area (Å²) in [4.78, 5) is 16.6. The lowest BCUT2D eigenvalue weighted by Gasteiger charge is -2.44. The number of hydrogen-bond acceptors (Lipinski definition) is 7. The zero-order valence-electron chi connectivity index (χ0n) is 22.6. The van der Waals surface area contributed by atoms with Gasteiger partial charge in [-0.2, -0.15) is 0 Å². The maximum Gasteiger partial charge on any atom is 0.244 e. The molecule has 0 saturated carbocycles. The van der Waals surface area contributed by atoms with E-state index in [0.717, 1.165) is 24.0 Å². The first kappa shape index (κ1) is 28.4. The van der Waals surface area contributed by atoms with Crippen molar-refractivity contribution in [3.05, 3.63) is 42.5 Å². The van der Waals surface area contributed by atoms with Gasteiger partial charge in [-0.1, -0.05) is 32.0 Å². The third kappa shape index (κ3) is 6.48. The Morgan fingerprint density at radius 3 is 2.55 bits per heavy atom. The molecule has 10 heteroatoms. The quantitative estimate of drug-likeness (QED) is 0.610. The van der Waals surface area contributed by atoms with Crippen LogP contribution in [0.15, 0.2) is 47.4 Å². The van der Waals surface area contributed by atoms with E-state index in [-0.39, 0.29) is 34.4 Å². The van der Waals surface area contributed by atoms with Crippen molar-refractivity contribution in [2.24, 2.45) is 11.3 Å². The van der Waals surface area contributed by atoms with Crippen molar-refractivity contribution < 1.29 is 27.8 Å². The molecule has 208 valence electrons. The first-order chi connectivity index (χ1) is 18.0. The van der Waals surface area contributed by atoms with Crippen LogP contribution in [0.2, 0.25) is 0 Å². The van der Waals surface area contributed by atoms with Crippen molar-refractivity contribution in [3.8, 4) is 22.6 Å². The second-order valence-electron chi connectivity index (χ2n) is 10.9. The van der Waals surface area contributed by atoms with Crippen LogP contribution in [-0.2, 0) is 14.8 Å². The number of carbonyl (C=O) groups is 1. The minimum absolute atomic E-state index is 0.0350. The lowest BCUT2D eigenvalue weighted by molar-refractivity contribution is -0.137. The molecule has 1 fully saturated rings. The van der Waals surface area contributed by atoms with Gasteiger partial charge in [0, 0.05) is 44.1 Å². The van der Waals surface area contributed by atoms with Gasteiger partial charge < -0.3 is 24.4 Å². The van der Waals surface area contributed by atoms with Gasteiger partial charge in [0.1, 0.15) is 16.4 Å². The fourth-order valence-electron chi connectivity index (χ4n) is 5.32. The van der Waals surface area contributed by atoms with Gasteiger partial charge in [0.15, 0.2) is 0 Å². The highest BCUT2D eigenvalue weighted by Gasteiger charge is 2.39. The van der Waals surface area contributed by atoms with Crippen LogP contribution in [0, 0.1) is 11.3 Å². The molecule has 2 N–H and O–H groups in total. The van der Waals surface area contributed by atoms with Gasteiger partial charge in [0.05, 0.1) is 19.8 Å². The second-order valence-corrected chi connectivity index (χ2v) is 12.6. The smallest absolute Gasteiger partial charge is 0.244 e. The molecule has 0 radical (unpaired) electrons. The zero-order chi connectivity index (χ0) is 27.5. The monoisotopic (exact) mass is 545 g/mol. The Morgan fingerprint density at radius 2 is 1.87 bits per heavy atom. The summed E-state index contributed by atoms with van der Waals surface area (Å²) in [5.74, 6) is 1.04. The number of benzene rings is 2. The van der Waals surface area contributed by atoms with Crippen molar-refractivity contribution in [2.75, 3.05) is 53.5 Å². The molecule has 0 aliphatic carbocycles. The molecule has 4 rings (SSSR count). The maximum atomic E-state index is 13.3. The van der Waals surface area contributed by atoms with E-state index in [2.05, 4.69) is 4.72 Å². The first-order valence-electron chi connectivity index (χ1n) is 13.1. The number of aliphatic hydroxyl groups is 1. The molecule has 2 aliphatic rings. The number of piperidine rings is 1. The molecular weight excluding hydrogens is 506 g/mol. The number of nitrogens with one attached hydrogen (secondary N) is 1. The Hall–Kier alpha value is -2.66. The van der Waals surface area contributed by atoms with Gasteiger partial charge in [-0.3, -0.25) is 4.79 Å². The largest absolute Gasteiger partial charge is 0.497 e. The summed E-state index contributed by atoms with van der Waals surface area (Å²) in [6, 6.07) is 12.6. The topological polar surface area (TPSA) is 108 Å². The van der Waals surface area contributed by atoms with Crippen LogP contribution in [0.5, 0.6) is 11.5 Å². The number of fused-ring (bicyclic) bond motifs is 1. The summed E-state index contributed by atoms with van der Waals surface area (Å²) in [5.41, 5.74) is 1.37. The SMILES string of the molecule is COc1cccc(-c2ccc3c(c2)OCC2(CCN(C(=O)C(C)C)CC2)CN(C)CC(O)CNS3(=O)=O)c1. The molecule has 0 aromatic heterocycles. The van der Waals surface area contributed by atoms with E-state index >= 15 is 0 Å². The third-order valence-corrected chi connectivity index (χ3v) is 8.90. The molecule has 9 nitrogen and oxygen atoms in total. The Kier molecular flexibility index (Phi) is 8.66. The minimum Gasteiger partial charge on any atom is -0.497 e. The van der Waals surface area contributed by atoms with E-state index in [1.165, 1.54) is 0 Å². The Balaban J connectivity index is 1.69. The molecule has 2 aliphatic heterocycles. The molecular formula is C28H39N3O6S. The van der Waals surface area contributed by atoms with Crippen molar-refractivity contribution >= 4 is 15.9 Å². The molecule has 38 heavy (non-hydrogen) atoms. The van der Waals surface area contributed by atoms with Crippen LogP contribution in [-0.4, -0.2) is 88.8 Å². The number of β-amino-alcohol motifs (C(OH)–C–C–N with tert-alkyl or cyclic N) is 1. The summed E-state index contributed by atoms with van der Waals surface area (Å²) in [6.45, 7) is 6.22. The molecule has 2 aromatic rings. The van der Waals surface area contributed by atoms with Gasteiger partial charge in [-0.25, -0.2) is 13.1 Å². The van der Waals surface area contributed by atoms with Gasteiger partial charge >= 0.3 is 0 Å². The van der Waals surface area contributed by atoms with Crippen molar-refractivity contribution in [2.45, 2.75) is 37.7 Å². The van der Waals surface area contributed by atoms with Gasteiger partial charge in [-0.15, -0.1) is 0 Å². The molecule has 1 saturated heterocycles. The third-order valence-electron chi connectivity index (χ3n) is 7.44. The number of aliphatic hydroxyl groups excluding tert-OH is 1. The molecule has 2 heterocycles. The number of likely N-dealkylation sites (N-methyl/N-ethyl adjacent to an activating group) is 1. The van der Waals surface area contributed by atoms with Crippen molar-refractivity contribution in [1.82, 2.24) is 14.5 Å². The molecule has 1 atom stereocenters. The van der Waals surface area contributed by atoms with Crippen LogP contribution in [0.1, 0.15) is 26.7 Å². The maximum absolute atomic E-state index is 13.3. The lowest BCUT2D eigenvalue weighted by Crippen LogP contribution is -2.52.